The lowest BCUT2D eigenvalue weighted by molar-refractivity contribution is -0.141. The molecule has 0 heterocycles. The third-order valence-electron chi connectivity index (χ3n) is 6.39. The topological polar surface area (TPSA) is 86.8 Å². The number of nitrogens with zero attached hydrogens (tertiary/aromatic N) is 2. The van der Waals surface area contributed by atoms with E-state index < -0.39 is 16.1 Å². The van der Waals surface area contributed by atoms with Gasteiger partial charge in [-0.3, -0.25) is 13.9 Å². The highest BCUT2D eigenvalue weighted by molar-refractivity contribution is 7.92. The molecular weight excluding hydrogens is 498 g/mol. The Kier molecular flexibility index (Phi) is 10.1. The second-order valence-corrected chi connectivity index (χ2v) is 11.5. The fourth-order valence-corrected chi connectivity index (χ4v) is 5.47. The Hall–Kier alpha value is -3.65. The van der Waals surface area contributed by atoms with Crippen LogP contribution in [0.1, 0.15) is 35.1 Å². The molecule has 0 radical (unpaired) electrons. The molecule has 0 aromatic heterocycles. The molecule has 7 nitrogen and oxygen atoms in total. The Morgan fingerprint density at radius 1 is 0.868 bits per heavy atom. The molecule has 8 heteroatoms. The number of nitrogens with one attached hydrogen (secondary N) is 1. The number of benzene rings is 3. The van der Waals surface area contributed by atoms with Gasteiger partial charge in [-0.15, -0.1) is 0 Å². The van der Waals surface area contributed by atoms with Crippen molar-refractivity contribution in [3.8, 4) is 0 Å². The summed E-state index contributed by atoms with van der Waals surface area (Å²) in [6.45, 7) is 4.33. The molecule has 0 aliphatic rings. The molecule has 0 saturated heterocycles. The number of rotatable bonds is 12. The number of amides is 2. The lowest BCUT2D eigenvalue weighted by Crippen LogP contribution is -2.49. The van der Waals surface area contributed by atoms with Crippen LogP contribution in [0.2, 0.25) is 0 Å². The molecule has 3 aromatic rings. The minimum Gasteiger partial charge on any atom is -0.357 e. The molecule has 0 bridgehead atoms. The molecule has 1 N–H and O–H groups in total. The van der Waals surface area contributed by atoms with Gasteiger partial charge in [0.2, 0.25) is 21.8 Å². The summed E-state index contributed by atoms with van der Waals surface area (Å²) in [6.07, 6.45) is 1.96. The summed E-state index contributed by atoms with van der Waals surface area (Å²) in [5, 5.41) is 2.72. The largest absolute Gasteiger partial charge is 0.357 e. The van der Waals surface area contributed by atoms with E-state index in [1.165, 1.54) is 10.6 Å². The molecule has 1 unspecified atom stereocenters. The number of carbonyl (C=O) groups is 2. The van der Waals surface area contributed by atoms with E-state index in [0.29, 0.717) is 18.5 Å². The van der Waals surface area contributed by atoms with Gasteiger partial charge in [0.15, 0.2) is 0 Å². The molecule has 2 amide bonds. The molecular formula is C30H37N3O4S. The normalized spacial score (nSPS) is 12.0. The first kappa shape index (κ1) is 28.9. The van der Waals surface area contributed by atoms with Gasteiger partial charge >= 0.3 is 0 Å². The van der Waals surface area contributed by atoms with Gasteiger partial charge < -0.3 is 10.2 Å². The summed E-state index contributed by atoms with van der Waals surface area (Å²) in [6, 6.07) is 24.1. The van der Waals surface area contributed by atoms with E-state index in [2.05, 4.69) is 5.32 Å². The van der Waals surface area contributed by atoms with Crippen LogP contribution in [0, 0.1) is 13.8 Å². The van der Waals surface area contributed by atoms with E-state index in [1.807, 2.05) is 86.6 Å². The van der Waals surface area contributed by atoms with Crippen LogP contribution in [0.5, 0.6) is 0 Å². The Morgan fingerprint density at radius 2 is 1.50 bits per heavy atom. The SMILES string of the molecule is CNC(=O)C(Cc1ccccc1)N(Cc1cccc(C)c1)C(=O)CCCN(c1cccc(C)c1)S(C)(=O)=O. The molecule has 0 aliphatic carbocycles. The van der Waals surface area contributed by atoms with Crippen molar-refractivity contribution in [3.05, 3.63) is 101 Å². The third-order valence-corrected chi connectivity index (χ3v) is 7.59. The molecule has 3 rings (SSSR count). The summed E-state index contributed by atoms with van der Waals surface area (Å²) >= 11 is 0. The summed E-state index contributed by atoms with van der Waals surface area (Å²) in [5.74, 6) is -0.443. The van der Waals surface area contributed by atoms with Crippen molar-refractivity contribution in [2.45, 2.75) is 45.7 Å². The van der Waals surface area contributed by atoms with E-state index in [1.54, 1.807) is 18.0 Å². The summed E-state index contributed by atoms with van der Waals surface area (Å²) in [5.41, 5.74) is 4.47. The lowest BCUT2D eigenvalue weighted by Gasteiger charge is -2.31. The van der Waals surface area contributed by atoms with E-state index >= 15 is 0 Å². The van der Waals surface area contributed by atoms with Crippen LogP contribution in [0.25, 0.3) is 0 Å². The fourth-order valence-electron chi connectivity index (χ4n) is 4.51. The molecule has 0 fully saturated rings. The molecule has 3 aromatic carbocycles. The Balaban J connectivity index is 1.84. The summed E-state index contributed by atoms with van der Waals surface area (Å²) in [4.78, 5) is 28.4. The minimum absolute atomic E-state index is 0.103. The first-order valence-electron chi connectivity index (χ1n) is 12.7. The van der Waals surface area contributed by atoms with Gasteiger partial charge in [0.1, 0.15) is 6.04 Å². The van der Waals surface area contributed by atoms with Crippen molar-refractivity contribution in [2.24, 2.45) is 0 Å². The standard InChI is InChI=1S/C30H37N3O4S/c1-23-11-8-15-26(19-23)22-32(28(30(35)31-3)21-25-13-6-5-7-14-25)29(34)17-10-18-33(38(4,36)37)27-16-9-12-24(2)20-27/h5-9,11-16,19-20,28H,10,17-18,21-22H2,1-4H3,(H,31,35). The number of sulfonamides is 1. The van der Waals surface area contributed by atoms with Crippen molar-refractivity contribution in [2.75, 3.05) is 24.2 Å². The highest BCUT2D eigenvalue weighted by Gasteiger charge is 2.30. The van der Waals surface area contributed by atoms with Crippen molar-refractivity contribution >= 4 is 27.5 Å². The number of anilines is 1. The van der Waals surface area contributed by atoms with E-state index in [9.17, 15) is 18.0 Å². The number of hydrogen-bond acceptors (Lipinski definition) is 4. The van der Waals surface area contributed by atoms with Crippen LogP contribution >= 0.6 is 0 Å². The smallest absolute Gasteiger partial charge is 0.242 e. The van der Waals surface area contributed by atoms with Crippen LogP contribution < -0.4 is 9.62 Å². The Bertz CT molecular complexity index is 1340. The van der Waals surface area contributed by atoms with E-state index in [0.717, 1.165) is 22.3 Å². The van der Waals surface area contributed by atoms with Crippen LogP contribution in [-0.4, -0.2) is 51.0 Å². The van der Waals surface area contributed by atoms with Gasteiger partial charge in [0.25, 0.3) is 0 Å². The number of likely N-dealkylation sites (N-methyl/N-ethyl adjacent to an activating group) is 1. The predicted molar refractivity (Wildman–Crippen MR) is 152 cm³/mol. The third kappa shape index (κ3) is 8.18. The summed E-state index contributed by atoms with van der Waals surface area (Å²) in [7, 11) is -1.97. The zero-order chi connectivity index (χ0) is 27.7. The van der Waals surface area contributed by atoms with Gasteiger partial charge in [-0.2, -0.15) is 0 Å². The second-order valence-electron chi connectivity index (χ2n) is 9.61. The number of carbonyl (C=O) groups excluding carboxylic acids is 2. The quantitative estimate of drug-likeness (QED) is 0.376. The van der Waals surface area contributed by atoms with Gasteiger partial charge in [0.05, 0.1) is 11.9 Å². The predicted octanol–water partition coefficient (Wildman–Crippen LogP) is 4.24. The van der Waals surface area contributed by atoms with Crippen LogP contribution in [-0.2, 0) is 32.6 Å². The van der Waals surface area contributed by atoms with Crippen molar-refractivity contribution in [1.82, 2.24) is 10.2 Å². The molecule has 1 atom stereocenters. The maximum absolute atomic E-state index is 13.7. The molecule has 38 heavy (non-hydrogen) atoms. The number of aryl methyl sites for hydroxylation is 2. The average molecular weight is 536 g/mol. The molecule has 202 valence electrons. The molecule has 0 spiro atoms. The first-order valence-corrected chi connectivity index (χ1v) is 14.6. The first-order chi connectivity index (χ1) is 18.1. The highest BCUT2D eigenvalue weighted by Crippen LogP contribution is 2.21. The minimum atomic E-state index is -3.54. The fraction of sp³-hybridized carbons (Fsp3) is 0.333. The van der Waals surface area contributed by atoms with Crippen molar-refractivity contribution in [3.63, 3.8) is 0 Å². The molecule has 0 saturated carbocycles. The number of hydrogen-bond donors (Lipinski definition) is 1. The van der Waals surface area contributed by atoms with Crippen LogP contribution in [0.15, 0.2) is 78.9 Å². The Morgan fingerprint density at radius 3 is 2.11 bits per heavy atom. The van der Waals surface area contributed by atoms with Crippen molar-refractivity contribution in [1.29, 1.82) is 0 Å². The van der Waals surface area contributed by atoms with E-state index in [4.69, 9.17) is 0 Å². The van der Waals surface area contributed by atoms with Gasteiger partial charge in [0, 0.05) is 33.0 Å². The second kappa shape index (κ2) is 13.2. The average Bonchev–Trinajstić information content (AvgIpc) is 2.88. The van der Waals surface area contributed by atoms with Gasteiger partial charge in [-0.25, -0.2) is 8.42 Å². The van der Waals surface area contributed by atoms with Gasteiger partial charge in [-0.05, 0) is 49.1 Å². The van der Waals surface area contributed by atoms with E-state index in [-0.39, 0.29) is 31.3 Å². The Labute approximate surface area is 226 Å². The maximum Gasteiger partial charge on any atom is 0.242 e. The maximum atomic E-state index is 13.7. The summed E-state index contributed by atoms with van der Waals surface area (Å²) < 4.78 is 26.4. The highest BCUT2D eigenvalue weighted by atomic mass is 32.2. The zero-order valence-corrected chi connectivity index (χ0v) is 23.4. The van der Waals surface area contributed by atoms with Crippen LogP contribution in [0.4, 0.5) is 5.69 Å². The molecule has 0 aliphatic heterocycles. The van der Waals surface area contributed by atoms with Gasteiger partial charge in [-0.1, -0.05) is 72.3 Å². The zero-order valence-electron chi connectivity index (χ0n) is 22.6. The monoisotopic (exact) mass is 535 g/mol. The lowest BCUT2D eigenvalue weighted by atomic mass is 10.0. The van der Waals surface area contributed by atoms with Crippen LogP contribution in [0.3, 0.4) is 0 Å². The van der Waals surface area contributed by atoms with Crippen molar-refractivity contribution < 1.29 is 18.0 Å².